The number of carbonyl (C=O) groups is 1. The summed E-state index contributed by atoms with van der Waals surface area (Å²) in [6.45, 7) is 3.03. The maximum Gasteiger partial charge on any atom is 0.162 e. The van der Waals surface area contributed by atoms with E-state index < -0.39 is 0 Å². The van der Waals surface area contributed by atoms with Crippen LogP contribution in [-0.2, 0) is 4.74 Å². The number of alkyl halides is 1. The summed E-state index contributed by atoms with van der Waals surface area (Å²) >= 11 is 3.45. The van der Waals surface area contributed by atoms with Crippen molar-refractivity contribution in [1.29, 1.82) is 0 Å². The molecule has 0 N–H and O–H groups in total. The molecular formula is C21H33BrO2. The standard InChI is InChI=1S/C21H33BrO2/c1-2-3-4-5-6-10-14-20(24-18-11-17-22)15-16-21(23)19-12-8-7-9-13-19/h7-9,12-13,20H,2-6,10-11,14-18H2,1H3. The number of halogens is 1. The van der Waals surface area contributed by atoms with Gasteiger partial charge in [0.15, 0.2) is 5.78 Å². The fourth-order valence-electron chi connectivity index (χ4n) is 2.83. The Morgan fingerprint density at radius 3 is 2.42 bits per heavy atom. The van der Waals surface area contributed by atoms with Gasteiger partial charge in [-0.1, -0.05) is 91.7 Å². The molecule has 1 unspecified atom stereocenters. The van der Waals surface area contributed by atoms with Gasteiger partial charge in [-0.15, -0.1) is 0 Å². The number of unbranched alkanes of at least 4 members (excludes halogenated alkanes) is 5. The molecule has 0 fully saturated rings. The Morgan fingerprint density at radius 1 is 1.00 bits per heavy atom. The molecule has 0 saturated heterocycles. The molecule has 1 rings (SSSR count). The molecule has 0 radical (unpaired) electrons. The molecule has 136 valence electrons. The summed E-state index contributed by atoms with van der Waals surface area (Å²) in [7, 11) is 0. The summed E-state index contributed by atoms with van der Waals surface area (Å²) in [6, 6.07) is 9.59. The highest BCUT2D eigenvalue weighted by Gasteiger charge is 2.13. The van der Waals surface area contributed by atoms with Crippen LogP contribution in [0.4, 0.5) is 0 Å². The van der Waals surface area contributed by atoms with E-state index in [1.165, 1.54) is 38.5 Å². The molecule has 0 aliphatic heterocycles. The first-order valence-electron chi connectivity index (χ1n) is 9.53. The Kier molecular flexibility index (Phi) is 13.1. The number of ketones is 1. The van der Waals surface area contributed by atoms with Crippen LogP contribution in [0.3, 0.4) is 0 Å². The molecule has 0 aromatic heterocycles. The molecule has 0 amide bonds. The van der Waals surface area contributed by atoms with E-state index in [0.717, 1.165) is 36.8 Å². The van der Waals surface area contributed by atoms with Crippen LogP contribution >= 0.6 is 15.9 Å². The van der Waals surface area contributed by atoms with Gasteiger partial charge in [0, 0.05) is 23.9 Å². The number of ether oxygens (including phenoxy) is 1. The third-order valence-electron chi connectivity index (χ3n) is 4.30. The summed E-state index contributed by atoms with van der Waals surface area (Å²) < 4.78 is 6.01. The minimum absolute atomic E-state index is 0.225. The highest BCUT2D eigenvalue weighted by molar-refractivity contribution is 9.09. The summed E-state index contributed by atoms with van der Waals surface area (Å²) in [6.07, 6.45) is 11.6. The zero-order chi connectivity index (χ0) is 17.5. The third kappa shape index (κ3) is 10.2. The highest BCUT2D eigenvalue weighted by Crippen LogP contribution is 2.16. The Hall–Kier alpha value is -0.670. The lowest BCUT2D eigenvalue weighted by Crippen LogP contribution is -2.16. The van der Waals surface area contributed by atoms with Crippen molar-refractivity contribution >= 4 is 21.7 Å². The third-order valence-corrected chi connectivity index (χ3v) is 4.86. The van der Waals surface area contributed by atoms with Crippen molar-refractivity contribution in [2.45, 2.75) is 77.2 Å². The average molecular weight is 397 g/mol. The predicted octanol–water partition coefficient (Wildman–Crippen LogP) is 6.57. The number of rotatable bonds is 15. The van der Waals surface area contributed by atoms with Crippen LogP contribution in [0.2, 0.25) is 0 Å². The Morgan fingerprint density at radius 2 is 1.71 bits per heavy atom. The van der Waals surface area contributed by atoms with Crippen molar-refractivity contribution in [3.8, 4) is 0 Å². The summed E-state index contributed by atoms with van der Waals surface area (Å²) in [5.74, 6) is 0.229. The van der Waals surface area contributed by atoms with E-state index in [1.54, 1.807) is 0 Å². The summed E-state index contributed by atoms with van der Waals surface area (Å²) in [4.78, 5) is 12.3. The lowest BCUT2D eigenvalue weighted by atomic mass is 10.0. The van der Waals surface area contributed by atoms with Crippen molar-refractivity contribution in [2.24, 2.45) is 0 Å². The van der Waals surface area contributed by atoms with E-state index in [1.807, 2.05) is 30.3 Å². The topological polar surface area (TPSA) is 26.3 Å². The van der Waals surface area contributed by atoms with Crippen molar-refractivity contribution in [3.63, 3.8) is 0 Å². The van der Waals surface area contributed by atoms with Gasteiger partial charge in [-0.05, 0) is 19.3 Å². The van der Waals surface area contributed by atoms with Gasteiger partial charge in [0.1, 0.15) is 0 Å². The molecule has 0 bridgehead atoms. The second-order valence-corrected chi connectivity index (χ2v) is 7.21. The predicted molar refractivity (Wildman–Crippen MR) is 106 cm³/mol. The molecule has 2 nitrogen and oxygen atoms in total. The summed E-state index contributed by atoms with van der Waals surface area (Å²) in [5, 5.41) is 0.972. The van der Waals surface area contributed by atoms with Crippen LogP contribution in [0, 0.1) is 0 Å². The largest absolute Gasteiger partial charge is 0.378 e. The zero-order valence-corrected chi connectivity index (χ0v) is 16.7. The second kappa shape index (κ2) is 14.7. The van der Waals surface area contributed by atoms with E-state index in [2.05, 4.69) is 22.9 Å². The van der Waals surface area contributed by atoms with E-state index in [0.29, 0.717) is 6.42 Å². The van der Waals surface area contributed by atoms with E-state index in [-0.39, 0.29) is 11.9 Å². The molecule has 1 atom stereocenters. The monoisotopic (exact) mass is 396 g/mol. The maximum absolute atomic E-state index is 12.3. The van der Waals surface area contributed by atoms with Gasteiger partial charge < -0.3 is 4.74 Å². The molecule has 1 aromatic carbocycles. The molecule has 0 spiro atoms. The van der Waals surface area contributed by atoms with Crippen LogP contribution in [-0.4, -0.2) is 23.8 Å². The van der Waals surface area contributed by atoms with Gasteiger partial charge in [0.25, 0.3) is 0 Å². The number of hydrogen-bond acceptors (Lipinski definition) is 2. The quantitative estimate of drug-likeness (QED) is 0.190. The average Bonchev–Trinajstić information content (AvgIpc) is 2.62. The van der Waals surface area contributed by atoms with Crippen LogP contribution < -0.4 is 0 Å². The van der Waals surface area contributed by atoms with E-state index in [4.69, 9.17) is 4.74 Å². The number of benzene rings is 1. The molecule has 24 heavy (non-hydrogen) atoms. The van der Waals surface area contributed by atoms with Crippen LogP contribution in [0.15, 0.2) is 30.3 Å². The molecule has 3 heteroatoms. The molecule has 0 aliphatic rings. The molecule has 0 saturated carbocycles. The Bertz CT molecular complexity index is 419. The second-order valence-electron chi connectivity index (χ2n) is 6.42. The Labute approximate surface area is 156 Å². The normalized spacial score (nSPS) is 12.2. The van der Waals surface area contributed by atoms with Crippen molar-refractivity contribution in [1.82, 2.24) is 0 Å². The van der Waals surface area contributed by atoms with E-state index >= 15 is 0 Å². The van der Waals surface area contributed by atoms with Gasteiger partial charge >= 0.3 is 0 Å². The fourth-order valence-corrected chi connectivity index (χ4v) is 3.06. The first kappa shape index (κ1) is 21.4. The molecule has 0 heterocycles. The smallest absolute Gasteiger partial charge is 0.162 e. The number of Topliss-reactive ketones (excluding diaryl/α,β-unsaturated/α-hetero) is 1. The van der Waals surface area contributed by atoms with Gasteiger partial charge in [-0.2, -0.15) is 0 Å². The van der Waals surface area contributed by atoms with Gasteiger partial charge in [0.2, 0.25) is 0 Å². The first-order valence-corrected chi connectivity index (χ1v) is 10.7. The Balaban J connectivity index is 2.31. The number of carbonyl (C=O) groups excluding carboxylic acids is 1. The van der Waals surface area contributed by atoms with Gasteiger partial charge in [-0.3, -0.25) is 4.79 Å². The highest BCUT2D eigenvalue weighted by atomic mass is 79.9. The van der Waals surface area contributed by atoms with Crippen molar-refractivity contribution in [3.05, 3.63) is 35.9 Å². The lowest BCUT2D eigenvalue weighted by molar-refractivity contribution is 0.0387. The van der Waals surface area contributed by atoms with E-state index in [9.17, 15) is 4.79 Å². The summed E-state index contributed by atoms with van der Waals surface area (Å²) in [5.41, 5.74) is 0.816. The SMILES string of the molecule is CCCCCCCCC(CCC(=O)c1ccccc1)OCCCBr. The molecule has 0 aliphatic carbocycles. The fraction of sp³-hybridized carbons (Fsp3) is 0.667. The molecular weight excluding hydrogens is 364 g/mol. The van der Waals surface area contributed by atoms with Crippen LogP contribution in [0.5, 0.6) is 0 Å². The van der Waals surface area contributed by atoms with Gasteiger partial charge in [0.05, 0.1) is 6.10 Å². The first-order chi connectivity index (χ1) is 11.8. The minimum atomic E-state index is 0.225. The van der Waals surface area contributed by atoms with Crippen LogP contribution in [0.25, 0.3) is 0 Å². The lowest BCUT2D eigenvalue weighted by Gasteiger charge is -2.17. The van der Waals surface area contributed by atoms with Crippen molar-refractivity contribution < 1.29 is 9.53 Å². The number of hydrogen-bond donors (Lipinski definition) is 0. The molecule has 1 aromatic rings. The van der Waals surface area contributed by atoms with Crippen LogP contribution in [0.1, 0.15) is 81.5 Å². The zero-order valence-electron chi connectivity index (χ0n) is 15.1. The van der Waals surface area contributed by atoms with Gasteiger partial charge in [-0.25, -0.2) is 0 Å². The maximum atomic E-state index is 12.3. The van der Waals surface area contributed by atoms with Crippen molar-refractivity contribution in [2.75, 3.05) is 11.9 Å². The minimum Gasteiger partial charge on any atom is -0.378 e.